The van der Waals surface area contributed by atoms with Crippen LogP contribution in [0, 0.1) is 13.8 Å². The van der Waals surface area contributed by atoms with E-state index in [1.807, 2.05) is 6.92 Å². The van der Waals surface area contributed by atoms with Crippen molar-refractivity contribution in [1.82, 2.24) is 9.55 Å². The lowest BCUT2D eigenvalue weighted by molar-refractivity contribution is -0.119. The zero-order valence-electron chi connectivity index (χ0n) is 13.1. The van der Waals surface area contributed by atoms with Crippen LogP contribution in [0.5, 0.6) is 0 Å². The molecule has 1 heterocycles. The quantitative estimate of drug-likeness (QED) is 0.909. The molecule has 0 bridgehead atoms. The van der Waals surface area contributed by atoms with Gasteiger partial charge in [-0.3, -0.25) is 9.36 Å². The molecular formula is C16H17Cl2N3O2. The topological polar surface area (TPSA) is 64.0 Å². The molecule has 1 amide bonds. The standard InChI is InChI=1S/C16H17Cl2N3O2/c1-4-14(21-10(3)7-9(2)19-16(21)23)15(22)20-11-5-6-12(17)13(18)8-11/h5-8,14H,4H2,1-3H3,(H,20,22)/t14-/m1/s1. The third kappa shape index (κ3) is 3.92. The fourth-order valence-corrected chi connectivity index (χ4v) is 2.72. The number of aromatic nitrogens is 2. The largest absolute Gasteiger partial charge is 0.348 e. The normalized spacial score (nSPS) is 12.0. The second-order valence-corrected chi connectivity index (χ2v) is 6.05. The molecule has 1 aromatic carbocycles. The number of halogens is 2. The number of benzene rings is 1. The van der Waals surface area contributed by atoms with E-state index < -0.39 is 11.7 Å². The van der Waals surface area contributed by atoms with Crippen molar-refractivity contribution in [3.05, 3.63) is 56.2 Å². The first-order valence-corrected chi connectivity index (χ1v) is 7.91. The van der Waals surface area contributed by atoms with Crippen LogP contribution in [-0.2, 0) is 4.79 Å². The molecule has 122 valence electrons. The van der Waals surface area contributed by atoms with Crippen LogP contribution in [0.2, 0.25) is 10.0 Å². The van der Waals surface area contributed by atoms with E-state index in [4.69, 9.17) is 23.2 Å². The Hall–Kier alpha value is -1.85. The first-order valence-electron chi connectivity index (χ1n) is 7.16. The second-order valence-electron chi connectivity index (χ2n) is 5.23. The van der Waals surface area contributed by atoms with E-state index >= 15 is 0 Å². The Balaban J connectivity index is 2.32. The van der Waals surface area contributed by atoms with Gasteiger partial charge in [0.25, 0.3) is 0 Å². The number of aryl methyl sites for hydroxylation is 2. The highest BCUT2D eigenvalue weighted by molar-refractivity contribution is 6.42. The lowest BCUT2D eigenvalue weighted by Crippen LogP contribution is -2.36. The lowest BCUT2D eigenvalue weighted by Gasteiger charge is -2.20. The maximum atomic E-state index is 12.6. The van der Waals surface area contributed by atoms with Crippen molar-refractivity contribution in [3.63, 3.8) is 0 Å². The average Bonchev–Trinajstić information content (AvgIpc) is 2.46. The van der Waals surface area contributed by atoms with Gasteiger partial charge in [0.05, 0.1) is 10.0 Å². The van der Waals surface area contributed by atoms with Crippen LogP contribution in [-0.4, -0.2) is 15.5 Å². The van der Waals surface area contributed by atoms with Crippen molar-refractivity contribution in [3.8, 4) is 0 Å². The van der Waals surface area contributed by atoms with Gasteiger partial charge in [0.15, 0.2) is 0 Å². The van der Waals surface area contributed by atoms with Gasteiger partial charge in [-0.15, -0.1) is 0 Å². The van der Waals surface area contributed by atoms with Gasteiger partial charge in [-0.1, -0.05) is 30.1 Å². The summed E-state index contributed by atoms with van der Waals surface area (Å²) in [7, 11) is 0. The monoisotopic (exact) mass is 353 g/mol. The maximum Gasteiger partial charge on any atom is 0.348 e. The summed E-state index contributed by atoms with van der Waals surface area (Å²) >= 11 is 11.8. The molecule has 0 radical (unpaired) electrons. The predicted octanol–water partition coefficient (Wildman–Crippen LogP) is 3.76. The number of anilines is 1. The van der Waals surface area contributed by atoms with Crippen LogP contribution < -0.4 is 11.0 Å². The summed E-state index contributed by atoms with van der Waals surface area (Å²) in [6.45, 7) is 5.37. The molecule has 23 heavy (non-hydrogen) atoms. The Labute approximate surface area is 144 Å². The average molecular weight is 354 g/mol. The summed E-state index contributed by atoms with van der Waals surface area (Å²) in [5.41, 5.74) is 1.41. The van der Waals surface area contributed by atoms with Crippen LogP contribution in [0.1, 0.15) is 30.8 Å². The Morgan fingerprint density at radius 3 is 2.52 bits per heavy atom. The molecule has 0 aliphatic rings. The molecule has 0 saturated heterocycles. The van der Waals surface area contributed by atoms with Gasteiger partial charge < -0.3 is 5.32 Å². The Morgan fingerprint density at radius 1 is 1.26 bits per heavy atom. The molecule has 0 spiro atoms. The maximum absolute atomic E-state index is 12.6. The molecule has 0 unspecified atom stereocenters. The smallest absolute Gasteiger partial charge is 0.324 e. The number of nitrogens with one attached hydrogen (secondary N) is 1. The molecule has 1 N–H and O–H groups in total. The Morgan fingerprint density at radius 2 is 1.96 bits per heavy atom. The van der Waals surface area contributed by atoms with Gasteiger partial charge in [0.2, 0.25) is 5.91 Å². The van der Waals surface area contributed by atoms with E-state index in [-0.39, 0.29) is 5.91 Å². The fourth-order valence-electron chi connectivity index (χ4n) is 2.42. The predicted molar refractivity (Wildman–Crippen MR) is 92.4 cm³/mol. The van der Waals surface area contributed by atoms with Crippen LogP contribution in [0.4, 0.5) is 5.69 Å². The summed E-state index contributed by atoms with van der Waals surface area (Å²) in [5, 5.41) is 3.52. The minimum Gasteiger partial charge on any atom is -0.324 e. The van der Waals surface area contributed by atoms with Crippen LogP contribution >= 0.6 is 23.2 Å². The molecule has 1 aromatic heterocycles. The summed E-state index contributed by atoms with van der Waals surface area (Å²) in [6.07, 6.45) is 0.457. The highest BCUT2D eigenvalue weighted by atomic mass is 35.5. The number of carbonyl (C=O) groups is 1. The van der Waals surface area contributed by atoms with Gasteiger partial charge in [0.1, 0.15) is 6.04 Å². The number of nitrogens with zero attached hydrogens (tertiary/aromatic N) is 2. The molecular weight excluding hydrogens is 337 g/mol. The number of carbonyl (C=O) groups excluding carboxylic acids is 1. The second kappa shape index (κ2) is 7.15. The summed E-state index contributed by atoms with van der Waals surface area (Å²) < 4.78 is 1.40. The van der Waals surface area contributed by atoms with Crippen molar-refractivity contribution >= 4 is 34.8 Å². The van der Waals surface area contributed by atoms with Gasteiger partial charge in [-0.05, 0) is 44.5 Å². The molecule has 1 atom stereocenters. The first-order chi connectivity index (χ1) is 10.8. The first kappa shape index (κ1) is 17.5. The zero-order valence-corrected chi connectivity index (χ0v) is 14.6. The zero-order chi connectivity index (χ0) is 17.1. The van der Waals surface area contributed by atoms with Crippen molar-refractivity contribution in [2.24, 2.45) is 0 Å². The van der Waals surface area contributed by atoms with E-state index in [1.165, 1.54) is 4.57 Å². The fraction of sp³-hybridized carbons (Fsp3) is 0.312. The third-order valence-corrected chi connectivity index (χ3v) is 4.20. The van der Waals surface area contributed by atoms with E-state index in [2.05, 4.69) is 10.3 Å². The number of amides is 1. The van der Waals surface area contributed by atoms with Crippen molar-refractivity contribution in [2.75, 3.05) is 5.32 Å². The van der Waals surface area contributed by atoms with E-state index in [0.29, 0.717) is 33.5 Å². The molecule has 0 fully saturated rings. The number of hydrogen-bond acceptors (Lipinski definition) is 3. The summed E-state index contributed by atoms with van der Waals surface area (Å²) in [6, 6.07) is 5.95. The highest BCUT2D eigenvalue weighted by Crippen LogP contribution is 2.25. The lowest BCUT2D eigenvalue weighted by atomic mass is 10.1. The number of hydrogen-bond donors (Lipinski definition) is 1. The van der Waals surface area contributed by atoms with Crippen LogP contribution in [0.25, 0.3) is 0 Å². The van der Waals surface area contributed by atoms with Gasteiger partial charge >= 0.3 is 5.69 Å². The minimum atomic E-state index is -0.648. The Kier molecular flexibility index (Phi) is 5.44. The van der Waals surface area contributed by atoms with Crippen molar-refractivity contribution in [1.29, 1.82) is 0 Å². The highest BCUT2D eigenvalue weighted by Gasteiger charge is 2.22. The molecule has 2 aromatic rings. The Bertz CT molecular complexity index is 802. The molecule has 0 aliphatic carbocycles. The van der Waals surface area contributed by atoms with E-state index in [1.54, 1.807) is 38.1 Å². The molecule has 2 rings (SSSR count). The van der Waals surface area contributed by atoms with Gasteiger partial charge in [-0.2, -0.15) is 4.98 Å². The summed E-state index contributed by atoms with van der Waals surface area (Å²) in [5.74, 6) is -0.304. The van der Waals surface area contributed by atoms with Crippen molar-refractivity contribution in [2.45, 2.75) is 33.2 Å². The van der Waals surface area contributed by atoms with Crippen LogP contribution in [0.15, 0.2) is 29.1 Å². The van der Waals surface area contributed by atoms with Crippen LogP contribution in [0.3, 0.4) is 0 Å². The van der Waals surface area contributed by atoms with Gasteiger partial charge in [-0.25, -0.2) is 4.79 Å². The van der Waals surface area contributed by atoms with Gasteiger partial charge in [0, 0.05) is 17.1 Å². The summed E-state index contributed by atoms with van der Waals surface area (Å²) in [4.78, 5) is 28.6. The minimum absolute atomic E-state index is 0.304. The molecule has 5 nitrogen and oxygen atoms in total. The molecule has 7 heteroatoms. The molecule has 0 aliphatic heterocycles. The van der Waals surface area contributed by atoms with E-state index in [9.17, 15) is 9.59 Å². The SMILES string of the molecule is CC[C@H](C(=O)Nc1ccc(Cl)c(Cl)c1)n1c(C)cc(C)nc1=O. The van der Waals surface area contributed by atoms with E-state index in [0.717, 1.165) is 0 Å². The molecule has 0 saturated carbocycles. The third-order valence-electron chi connectivity index (χ3n) is 3.46. The van der Waals surface area contributed by atoms with Crippen molar-refractivity contribution < 1.29 is 4.79 Å². The number of rotatable bonds is 4.